The summed E-state index contributed by atoms with van der Waals surface area (Å²) in [4.78, 5) is 27.4. The van der Waals surface area contributed by atoms with Gasteiger partial charge in [0.05, 0.1) is 12.5 Å². The van der Waals surface area contributed by atoms with Crippen molar-refractivity contribution in [1.29, 1.82) is 0 Å². The first-order chi connectivity index (χ1) is 10.4. The Hall–Kier alpha value is -1.95. The lowest BCUT2D eigenvalue weighted by molar-refractivity contribution is -0.143. The standard InChI is InChI=1S/C16H21FN2O3/c1-18(2)16(22)13-7-4-8-19(13)15(21)10-14(20)11-5-3-6-12(17)9-11/h3,5-6,9,13-14,20H,4,7-8,10H2,1-2H3. The van der Waals surface area contributed by atoms with Gasteiger partial charge in [-0.05, 0) is 30.5 Å². The van der Waals surface area contributed by atoms with Crippen LogP contribution in [0, 0.1) is 5.82 Å². The molecule has 0 radical (unpaired) electrons. The van der Waals surface area contributed by atoms with Crippen molar-refractivity contribution in [2.24, 2.45) is 0 Å². The van der Waals surface area contributed by atoms with Crippen LogP contribution >= 0.6 is 0 Å². The Kier molecular flexibility index (Phi) is 5.13. The highest BCUT2D eigenvalue weighted by molar-refractivity contribution is 5.88. The number of aliphatic hydroxyl groups excluding tert-OH is 1. The summed E-state index contributed by atoms with van der Waals surface area (Å²) >= 11 is 0. The van der Waals surface area contributed by atoms with E-state index in [0.717, 1.165) is 6.42 Å². The summed E-state index contributed by atoms with van der Waals surface area (Å²) in [5.74, 6) is -0.841. The summed E-state index contributed by atoms with van der Waals surface area (Å²) in [7, 11) is 3.32. The maximum absolute atomic E-state index is 13.2. The molecule has 1 fully saturated rings. The van der Waals surface area contributed by atoms with Crippen molar-refractivity contribution in [2.75, 3.05) is 20.6 Å². The summed E-state index contributed by atoms with van der Waals surface area (Å²) in [6, 6.07) is 5.11. The summed E-state index contributed by atoms with van der Waals surface area (Å²) in [6.45, 7) is 0.513. The van der Waals surface area contributed by atoms with Crippen LogP contribution in [-0.4, -0.2) is 53.4 Å². The molecule has 1 aliphatic rings. The van der Waals surface area contributed by atoms with Crippen molar-refractivity contribution >= 4 is 11.8 Å². The van der Waals surface area contributed by atoms with Crippen LogP contribution in [0.2, 0.25) is 0 Å². The zero-order valence-electron chi connectivity index (χ0n) is 12.8. The van der Waals surface area contributed by atoms with Gasteiger partial charge in [0.1, 0.15) is 11.9 Å². The number of benzene rings is 1. The predicted octanol–water partition coefficient (Wildman–Crippen LogP) is 1.33. The normalized spacial score (nSPS) is 19.1. The molecule has 0 saturated carbocycles. The van der Waals surface area contributed by atoms with Crippen molar-refractivity contribution in [3.8, 4) is 0 Å². The monoisotopic (exact) mass is 308 g/mol. The van der Waals surface area contributed by atoms with Crippen LogP contribution in [-0.2, 0) is 9.59 Å². The molecule has 1 aromatic rings. The second kappa shape index (κ2) is 6.87. The molecule has 5 nitrogen and oxygen atoms in total. The number of halogens is 1. The number of aliphatic hydroxyl groups is 1. The van der Waals surface area contributed by atoms with E-state index in [4.69, 9.17) is 0 Å². The summed E-state index contributed by atoms with van der Waals surface area (Å²) in [6.07, 6.45) is 0.185. The largest absolute Gasteiger partial charge is 0.388 e. The molecular weight excluding hydrogens is 287 g/mol. The number of amides is 2. The first kappa shape index (κ1) is 16.4. The molecular formula is C16H21FN2O3. The predicted molar refractivity (Wildman–Crippen MR) is 79.4 cm³/mol. The van der Waals surface area contributed by atoms with Crippen LogP contribution in [0.25, 0.3) is 0 Å². The van der Waals surface area contributed by atoms with E-state index in [-0.39, 0.29) is 18.2 Å². The Morgan fingerprint density at radius 2 is 2.18 bits per heavy atom. The fraction of sp³-hybridized carbons (Fsp3) is 0.500. The molecule has 2 unspecified atom stereocenters. The smallest absolute Gasteiger partial charge is 0.244 e. The van der Waals surface area contributed by atoms with Crippen LogP contribution < -0.4 is 0 Å². The van der Waals surface area contributed by atoms with Gasteiger partial charge in [-0.2, -0.15) is 0 Å². The third-order valence-corrected chi connectivity index (χ3v) is 3.90. The van der Waals surface area contributed by atoms with Crippen LogP contribution in [0.1, 0.15) is 30.9 Å². The maximum atomic E-state index is 13.2. The van der Waals surface area contributed by atoms with E-state index in [9.17, 15) is 19.1 Å². The minimum Gasteiger partial charge on any atom is -0.388 e. The molecule has 0 aliphatic carbocycles. The van der Waals surface area contributed by atoms with Crippen LogP contribution in [0.4, 0.5) is 4.39 Å². The topological polar surface area (TPSA) is 60.9 Å². The highest BCUT2D eigenvalue weighted by Crippen LogP contribution is 2.24. The minimum atomic E-state index is -1.07. The van der Waals surface area contributed by atoms with Crippen molar-refractivity contribution in [2.45, 2.75) is 31.4 Å². The van der Waals surface area contributed by atoms with Gasteiger partial charge in [0.25, 0.3) is 0 Å². The molecule has 2 amide bonds. The van der Waals surface area contributed by atoms with E-state index in [2.05, 4.69) is 0 Å². The molecule has 120 valence electrons. The summed E-state index contributed by atoms with van der Waals surface area (Å²) in [5.41, 5.74) is 0.364. The number of carbonyl (C=O) groups is 2. The fourth-order valence-corrected chi connectivity index (χ4v) is 2.73. The number of likely N-dealkylation sites (N-methyl/N-ethyl adjacent to an activating group) is 1. The Morgan fingerprint density at radius 3 is 2.82 bits per heavy atom. The Morgan fingerprint density at radius 1 is 1.45 bits per heavy atom. The Labute approximate surface area is 129 Å². The van der Waals surface area contributed by atoms with Gasteiger partial charge in [-0.15, -0.1) is 0 Å². The van der Waals surface area contributed by atoms with Crippen LogP contribution in [0.15, 0.2) is 24.3 Å². The molecule has 1 aromatic carbocycles. The fourth-order valence-electron chi connectivity index (χ4n) is 2.73. The Balaban J connectivity index is 2.03. The van der Waals surface area contributed by atoms with Crippen molar-refractivity contribution < 1.29 is 19.1 Å². The molecule has 6 heteroatoms. The van der Waals surface area contributed by atoms with Crippen molar-refractivity contribution in [3.63, 3.8) is 0 Å². The van der Waals surface area contributed by atoms with E-state index < -0.39 is 18.0 Å². The minimum absolute atomic E-state index is 0.105. The number of likely N-dealkylation sites (tertiary alicyclic amines) is 1. The van der Waals surface area contributed by atoms with Gasteiger partial charge >= 0.3 is 0 Å². The molecule has 1 saturated heterocycles. The molecule has 0 aromatic heterocycles. The van der Waals surface area contributed by atoms with Gasteiger partial charge in [0, 0.05) is 20.6 Å². The molecule has 0 spiro atoms. The quantitative estimate of drug-likeness (QED) is 0.913. The average Bonchev–Trinajstić information content (AvgIpc) is 2.95. The van der Waals surface area contributed by atoms with Gasteiger partial charge in [0.2, 0.25) is 11.8 Å². The van der Waals surface area contributed by atoms with E-state index in [1.807, 2.05) is 0 Å². The van der Waals surface area contributed by atoms with Crippen molar-refractivity contribution in [1.82, 2.24) is 9.80 Å². The zero-order chi connectivity index (χ0) is 16.3. The number of hydrogen-bond acceptors (Lipinski definition) is 3. The van der Waals surface area contributed by atoms with Crippen LogP contribution in [0.5, 0.6) is 0 Å². The lowest BCUT2D eigenvalue weighted by Gasteiger charge is -2.27. The summed E-state index contributed by atoms with van der Waals surface area (Å²) in [5, 5.41) is 10.1. The van der Waals surface area contributed by atoms with Gasteiger partial charge in [-0.1, -0.05) is 12.1 Å². The number of nitrogens with zero attached hydrogens (tertiary/aromatic N) is 2. The van der Waals surface area contributed by atoms with Crippen LogP contribution in [0.3, 0.4) is 0 Å². The summed E-state index contributed by atoms with van der Waals surface area (Å²) < 4.78 is 13.2. The highest BCUT2D eigenvalue weighted by Gasteiger charge is 2.35. The highest BCUT2D eigenvalue weighted by atomic mass is 19.1. The van der Waals surface area contributed by atoms with E-state index in [0.29, 0.717) is 18.5 Å². The molecule has 2 atom stereocenters. The van der Waals surface area contributed by atoms with E-state index in [1.165, 1.54) is 28.0 Å². The second-order valence-electron chi connectivity index (χ2n) is 5.75. The van der Waals surface area contributed by atoms with Gasteiger partial charge in [0.15, 0.2) is 0 Å². The van der Waals surface area contributed by atoms with E-state index >= 15 is 0 Å². The number of hydrogen-bond donors (Lipinski definition) is 1. The van der Waals surface area contributed by atoms with Gasteiger partial charge in [-0.25, -0.2) is 4.39 Å². The molecule has 0 bridgehead atoms. The third-order valence-electron chi connectivity index (χ3n) is 3.90. The molecule has 1 N–H and O–H groups in total. The van der Waals surface area contributed by atoms with E-state index in [1.54, 1.807) is 20.2 Å². The Bertz CT molecular complexity index is 562. The van der Waals surface area contributed by atoms with Crippen molar-refractivity contribution in [3.05, 3.63) is 35.6 Å². The first-order valence-corrected chi connectivity index (χ1v) is 7.34. The lowest BCUT2D eigenvalue weighted by atomic mass is 10.1. The second-order valence-corrected chi connectivity index (χ2v) is 5.75. The number of rotatable bonds is 4. The zero-order valence-corrected chi connectivity index (χ0v) is 12.8. The third kappa shape index (κ3) is 3.62. The molecule has 1 aliphatic heterocycles. The molecule has 1 heterocycles. The average molecular weight is 308 g/mol. The molecule has 2 rings (SSSR count). The lowest BCUT2D eigenvalue weighted by Crippen LogP contribution is -2.45. The van der Waals surface area contributed by atoms with Gasteiger partial charge in [-0.3, -0.25) is 9.59 Å². The first-order valence-electron chi connectivity index (χ1n) is 7.34. The SMILES string of the molecule is CN(C)C(=O)C1CCCN1C(=O)CC(O)c1cccc(F)c1. The molecule has 22 heavy (non-hydrogen) atoms. The maximum Gasteiger partial charge on any atom is 0.244 e. The number of carbonyl (C=O) groups excluding carboxylic acids is 2. The van der Waals surface area contributed by atoms with Gasteiger partial charge < -0.3 is 14.9 Å².